The number of thiocarbonyl (C=S) groups is 1. The van der Waals surface area contributed by atoms with Crippen LogP contribution in [0.1, 0.15) is 11.6 Å². The Morgan fingerprint density at radius 3 is 2.73 bits per heavy atom. The van der Waals surface area contributed by atoms with Gasteiger partial charge >= 0.3 is 0 Å². The van der Waals surface area contributed by atoms with Crippen molar-refractivity contribution in [3.63, 3.8) is 0 Å². The highest BCUT2D eigenvalue weighted by atomic mass is 79.9. The Balaban J connectivity index is 1.98. The number of nitrogens with one attached hydrogen (secondary N) is 3. The molecule has 0 unspecified atom stereocenters. The molecule has 1 aliphatic rings. The zero-order valence-corrected chi connectivity index (χ0v) is 18.7. The minimum absolute atomic E-state index is 0.304. The molecule has 10 heteroatoms. The van der Waals surface area contributed by atoms with Gasteiger partial charge in [0.05, 0.1) is 16.8 Å². The van der Waals surface area contributed by atoms with Crippen LogP contribution in [-0.2, 0) is 9.59 Å². The molecule has 156 valence electrons. The molecular weight excluding hydrogens is 492 g/mol. The fourth-order valence-corrected chi connectivity index (χ4v) is 3.89. The predicted molar refractivity (Wildman–Crippen MR) is 123 cm³/mol. The van der Waals surface area contributed by atoms with Crippen LogP contribution in [0.3, 0.4) is 0 Å². The van der Waals surface area contributed by atoms with E-state index in [4.69, 9.17) is 34.3 Å². The molecule has 1 fully saturated rings. The van der Waals surface area contributed by atoms with Crippen LogP contribution < -0.4 is 26.4 Å². The number of para-hydroxylation sites is 1. The molecule has 0 aromatic heterocycles. The lowest BCUT2D eigenvalue weighted by atomic mass is 9.87. The van der Waals surface area contributed by atoms with Gasteiger partial charge < -0.3 is 26.4 Å². The van der Waals surface area contributed by atoms with Gasteiger partial charge in [0.25, 0.3) is 5.91 Å². The SMILES string of the molecule is C=C1NC(=S)N[C@H](c2cc(Br)ccc2OCC(N)=O)[C@H]1C(=O)Nc1ccccc1Cl. The zero-order valence-electron chi connectivity index (χ0n) is 15.6. The summed E-state index contributed by atoms with van der Waals surface area (Å²) in [5, 5.41) is 9.55. The van der Waals surface area contributed by atoms with Crippen LogP contribution in [0.15, 0.2) is 59.2 Å². The van der Waals surface area contributed by atoms with Crippen molar-refractivity contribution in [2.75, 3.05) is 11.9 Å². The Kier molecular flexibility index (Phi) is 6.96. The molecule has 30 heavy (non-hydrogen) atoms. The highest BCUT2D eigenvalue weighted by molar-refractivity contribution is 9.10. The minimum Gasteiger partial charge on any atom is -0.483 e. The highest BCUT2D eigenvalue weighted by Gasteiger charge is 2.38. The Labute approximate surface area is 192 Å². The largest absolute Gasteiger partial charge is 0.483 e. The van der Waals surface area contributed by atoms with Gasteiger partial charge in [-0.15, -0.1) is 0 Å². The Hall–Kier alpha value is -2.62. The molecule has 0 bridgehead atoms. The topological polar surface area (TPSA) is 105 Å². The second-order valence-corrected chi connectivity index (χ2v) is 8.22. The second kappa shape index (κ2) is 9.46. The van der Waals surface area contributed by atoms with Crippen LogP contribution in [0.2, 0.25) is 5.02 Å². The van der Waals surface area contributed by atoms with Crippen molar-refractivity contribution in [1.29, 1.82) is 0 Å². The molecule has 3 rings (SSSR count). The molecule has 2 aromatic rings. The van der Waals surface area contributed by atoms with E-state index in [0.29, 0.717) is 32.8 Å². The molecule has 2 atom stereocenters. The van der Waals surface area contributed by atoms with Gasteiger partial charge in [-0.1, -0.05) is 46.2 Å². The number of carbonyl (C=O) groups is 2. The molecule has 5 N–H and O–H groups in total. The molecule has 0 spiro atoms. The Morgan fingerprint density at radius 1 is 1.30 bits per heavy atom. The monoisotopic (exact) mass is 508 g/mol. The first-order valence-electron chi connectivity index (χ1n) is 8.78. The summed E-state index contributed by atoms with van der Waals surface area (Å²) in [5.74, 6) is -1.34. The number of halogens is 2. The molecule has 0 aliphatic carbocycles. The lowest BCUT2D eigenvalue weighted by molar-refractivity contribution is -0.121. The number of benzene rings is 2. The van der Waals surface area contributed by atoms with E-state index in [1.54, 1.807) is 42.5 Å². The molecular formula is C20H18BrClN4O3S. The van der Waals surface area contributed by atoms with Gasteiger partial charge in [0, 0.05) is 15.7 Å². The van der Waals surface area contributed by atoms with Gasteiger partial charge in [0.15, 0.2) is 11.7 Å². The number of amides is 2. The van der Waals surface area contributed by atoms with E-state index in [2.05, 4.69) is 38.5 Å². The van der Waals surface area contributed by atoms with Gasteiger partial charge in [-0.25, -0.2) is 0 Å². The maximum Gasteiger partial charge on any atom is 0.255 e. The first-order valence-corrected chi connectivity index (χ1v) is 10.4. The molecule has 7 nitrogen and oxygen atoms in total. The van der Waals surface area contributed by atoms with Crippen LogP contribution in [0.25, 0.3) is 0 Å². The molecule has 1 heterocycles. The smallest absolute Gasteiger partial charge is 0.255 e. The zero-order chi connectivity index (χ0) is 21.8. The van der Waals surface area contributed by atoms with E-state index in [1.165, 1.54) is 0 Å². The molecule has 1 aliphatic heterocycles. The number of primary amides is 1. The van der Waals surface area contributed by atoms with Gasteiger partial charge in [-0.3, -0.25) is 9.59 Å². The third-order valence-electron chi connectivity index (χ3n) is 4.36. The number of hydrogen-bond donors (Lipinski definition) is 4. The third-order valence-corrected chi connectivity index (χ3v) is 5.40. The molecule has 1 saturated heterocycles. The predicted octanol–water partition coefficient (Wildman–Crippen LogP) is 3.25. The molecule has 2 aromatic carbocycles. The van der Waals surface area contributed by atoms with Crippen molar-refractivity contribution in [2.45, 2.75) is 6.04 Å². The van der Waals surface area contributed by atoms with Crippen molar-refractivity contribution in [2.24, 2.45) is 11.7 Å². The number of ether oxygens (including phenoxy) is 1. The highest BCUT2D eigenvalue weighted by Crippen LogP contribution is 2.37. The Morgan fingerprint density at radius 2 is 2.03 bits per heavy atom. The summed E-state index contributed by atoms with van der Waals surface area (Å²) in [6, 6.07) is 11.5. The van der Waals surface area contributed by atoms with Gasteiger partial charge in [-0.05, 0) is 42.5 Å². The summed E-state index contributed by atoms with van der Waals surface area (Å²) in [6.07, 6.45) is 0. The normalized spacial score (nSPS) is 18.2. The summed E-state index contributed by atoms with van der Waals surface area (Å²) in [6.45, 7) is 3.67. The van der Waals surface area contributed by atoms with Crippen molar-refractivity contribution >= 4 is 62.4 Å². The van der Waals surface area contributed by atoms with Crippen LogP contribution in [0.5, 0.6) is 5.75 Å². The Bertz CT molecular complexity index is 1030. The summed E-state index contributed by atoms with van der Waals surface area (Å²) in [4.78, 5) is 24.4. The van der Waals surface area contributed by atoms with E-state index in [9.17, 15) is 9.59 Å². The number of rotatable bonds is 6. The lowest BCUT2D eigenvalue weighted by Gasteiger charge is -2.36. The van der Waals surface area contributed by atoms with E-state index < -0.39 is 17.9 Å². The number of nitrogens with two attached hydrogens (primary N) is 1. The van der Waals surface area contributed by atoms with Crippen LogP contribution in [-0.4, -0.2) is 23.5 Å². The maximum atomic E-state index is 13.2. The number of anilines is 1. The van der Waals surface area contributed by atoms with Gasteiger partial charge in [0.2, 0.25) is 5.91 Å². The van der Waals surface area contributed by atoms with Crippen molar-refractivity contribution < 1.29 is 14.3 Å². The first kappa shape index (κ1) is 22.1. The minimum atomic E-state index is -0.766. The van der Waals surface area contributed by atoms with Crippen LogP contribution in [0, 0.1) is 5.92 Å². The number of hydrogen-bond acceptors (Lipinski definition) is 4. The molecule has 0 radical (unpaired) electrons. The maximum absolute atomic E-state index is 13.2. The summed E-state index contributed by atoms with van der Waals surface area (Å²) < 4.78 is 6.32. The second-order valence-electron chi connectivity index (χ2n) is 6.49. The van der Waals surface area contributed by atoms with Crippen molar-refractivity contribution in [3.8, 4) is 5.75 Å². The van der Waals surface area contributed by atoms with E-state index >= 15 is 0 Å². The van der Waals surface area contributed by atoms with E-state index in [-0.39, 0.29) is 12.5 Å². The lowest BCUT2D eigenvalue weighted by Crippen LogP contribution is -2.51. The quantitative estimate of drug-likeness (QED) is 0.446. The molecule has 0 saturated carbocycles. The van der Waals surface area contributed by atoms with E-state index in [0.717, 1.165) is 4.47 Å². The van der Waals surface area contributed by atoms with Crippen LogP contribution >= 0.6 is 39.7 Å². The van der Waals surface area contributed by atoms with Gasteiger partial charge in [0.1, 0.15) is 11.7 Å². The molecule has 2 amide bonds. The summed E-state index contributed by atoms with van der Waals surface area (Å²) in [7, 11) is 0. The summed E-state index contributed by atoms with van der Waals surface area (Å²) >= 11 is 14.9. The third kappa shape index (κ3) is 5.10. The van der Waals surface area contributed by atoms with Crippen LogP contribution in [0.4, 0.5) is 5.69 Å². The fourth-order valence-electron chi connectivity index (χ4n) is 3.07. The average Bonchev–Trinajstić information content (AvgIpc) is 2.68. The van der Waals surface area contributed by atoms with Crippen molar-refractivity contribution in [1.82, 2.24) is 10.6 Å². The van der Waals surface area contributed by atoms with E-state index in [1.807, 2.05) is 0 Å². The first-order chi connectivity index (χ1) is 14.3. The number of carbonyl (C=O) groups excluding carboxylic acids is 2. The summed E-state index contributed by atoms with van der Waals surface area (Å²) in [5.41, 5.74) is 6.70. The average molecular weight is 510 g/mol. The van der Waals surface area contributed by atoms with Crippen molar-refractivity contribution in [3.05, 3.63) is 69.8 Å². The standard InChI is InChI=1S/C20H18BrClN4O3S/c1-10-17(19(28)25-14-5-3-2-4-13(14)22)18(26-20(30)24-10)12-8-11(21)6-7-15(12)29-9-16(23)27/h2-8,17-18H,1,9H2,(H2,23,27)(H,25,28)(H2,24,26,30)/t17-,18+/m0/s1. The van der Waals surface area contributed by atoms with Gasteiger partial charge in [-0.2, -0.15) is 0 Å². The fraction of sp³-hybridized carbons (Fsp3) is 0.150.